The van der Waals surface area contributed by atoms with E-state index in [1.807, 2.05) is 0 Å². The number of benzene rings is 1. The average molecular weight is 476 g/mol. The van der Waals surface area contributed by atoms with Crippen LogP contribution in [0.2, 0.25) is 0 Å². The second kappa shape index (κ2) is 8.87. The van der Waals surface area contributed by atoms with E-state index in [2.05, 4.69) is 5.32 Å². The highest BCUT2D eigenvalue weighted by Crippen LogP contribution is 2.35. The molecule has 1 saturated heterocycles. The smallest absolute Gasteiger partial charge is 0.495 e. The fourth-order valence-corrected chi connectivity index (χ4v) is 4.73. The zero-order valence-electron chi connectivity index (χ0n) is 16.3. The third-order valence-corrected chi connectivity index (χ3v) is 7.20. The standard InChI is InChI=1S/C19H19F3N2O5S2/c1-29-15-7-6-13(31(27,28)19(20,21)22)10-14(15)23-17(25)12-4-2-8-24(11-12)18(26)16-5-3-9-30-16/h3,5-7,9-10,12H,2,4,8,11H2,1H3,(H,23,25). The van der Waals surface area contributed by atoms with Crippen LogP contribution in [-0.2, 0) is 14.6 Å². The van der Waals surface area contributed by atoms with Crippen LogP contribution in [-0.4, -0.2) is 50.8 Å². The number of carbonyl (C=O) groups excluding carboxylic acids is 2. The van der Waals surface area contributed by atoms with Gasteiger partial charge in [-0.05, 0) is 42.5 Å². The van der Waals surface area contributed by atoms with Gasteiger partial charge in [-0.15, -0.1) is 11.3 Å². The van der Waals surface area contributed by atoms with Gasteiger partial charge >= 0.3 is 5.51 Å². The molecular formula is C19H19F3N2O5S2. The number of likely N-dealkylation sites (tertiary alicyclic amines) is 1. The van der Waals surface area contributed by atoms with Crippen molar-refractivity contribution in [2.75, 3.05) is 25.5 Å². The molecule has 2 amide bonds. The fourth-order valence-electron chi connectivity index (χ4n) is 3.25. The number of hydrogen-bond donors (Lipinski definition) is 1. The monoisotopic (exact) mass is 476 g/mol. The molecule has 1 aromatic heterocycles. The molecular weight excluding hydrogens is 457 g/mol. The number of ether oxygens (including phenoxy) is 1. The number of methoxy groups -OCH3 is 1. The van der Waals surface area contributed by atoms with E-state index in [9.17, 15) is 31.2 Å². The molecule has 1 aliphatic heterocycles. The Kier molecular flexibility index (Phi) is 6.60. The summed E-state index contributed by atoms with van der Waals surface area (Å²) in [6.45, 7) is 0.634. The molecule has 0 saturated carbocycles. The van der Waals surface area contributed by atoms with Gasteiger partial charge in [0.2, 0.25) is 5.91 Å². The summed E-state index contributed by atoms with van der Waals surface area (Å²) in [7, 11) is -4.35. The molecule has 0 spiro atoms. The Bertz CT molecular complexity index is 1070. The number of piperidine rings is 1. The summed E-state index contributed by atoms with van der Waals surface area (Å²) in [6, 6.07) is 5.96. The van der Waals surface area contributed by atoms with Gasteiger partial charge in [-0.3, -0.25) is 9.59 Å². The van der Waals surface area contributed by atoms with Crippen LogP contribution in [0.5, 0.6) is 5.75 Å². The average Bonchev–Trinajstić information content (AvgIpc) is 3.27. The van der Waals surface area contributed by atoms with Crippen LogP contribution in [0.25, 0.3) is 0 Å². The number of amides is 2. The van der Waals surface area contributed by atoms with Crippen molar-refractivity contribution < 1.29 is 35.9 Å². The number of nitrogens with zero attached hydrogens (tertiary/aromatic N) is 1. The van der Waals surface area contributed by atoms with Crippen LogP contribution in [0.3, 0.4) is 0 Å². The lowest BCUT2D eigenvalue weighted by molar-refractivity contribution is -0.121. The van der Waals surface area contributed by atoms with E-state index >= 15 is 0 Å². The SMILES string of the molecule is COc1ccc(S(=O)(=O)C(F)(F)F)cc1NC(=O)C1CCCN(C(=O)c2cccs2)C1. The molecule has 2 aromatic rings. The van der Waals surface area contributed by atoms with Crippen molar-refractivity contribution >= 4 is 38.7 Å². The first kappa shape index (κ1) is 23.1. The number of rotatable bonds is 5. The van der Waals surface area contributed by atoms with Crippen LogP contribution in [0.15, 0.2) is 40.6 Å². The summed E-state index contributed by atoms with van der Waals surface area (Å²) in [4.78, 5) is 26.4. The lowest BCUT2D eigenvalue weighted by Crippen LogP contribution is -2.43. The number of carbonyl (C=O) groups is 2. The molecule has 0 radical (unpaired) electrons. The number of anilines is 1. The van der Waals surface area contributed by atoms with Crippen molar-refractivity contribution in [3.8, 4) is 5.75 Å². The highest BCUT2D eigenvalue weighted by molar-refractivity contribution is 7.92. The number of thiophene rings is 1. The molecule has 31 heavy (non-hydrogen) atoms. The zero-order valence-corrected chi connectivity index (χ0v) is 17.9. The maximum atomic E-state index is 12.9. The maximum Gasteiger partial charge on any atom is 0.501 e. The van der Waals surface area contributed by atoms with Gasteiger partial charge in [0.25, 0.3) is 15.7 Å². The number of halogens is 3. The first-order chi connectivity index (χ1) is 14.5. The fraction of sp³-hybridized carbons (Fsp3) is 0.368. The third-order valence-electron chi connectivity index (χ3n) is 4.86. The van der Waals surface area contributed by atoms with E-state index in [0.717, 1.165) is 18.2 Å². The van der Waals surface area contributed by atoms with Crippen molar-refractivity contribution in [1.29, 1.82) is 0 Å². The molecule has 0 bridgehead atoms. The molecule has 3 rings (SSSR count). The van der Waals surface area contributed by atoms with Crippen molar-refractivity contribution in [1.82, 2.24) is 4.90 Å². The van der Waals surface area contributed by atoms with Gasteiger partial charge in [-0.25, -0.2) is 8.42 Å². The second-order valence-corrected chi connectivity index (χ2v) is 9.76. The van der Waals surface area contributed by atoms with Crippen LogP contribution in [0.1, 0.15) is 22.5 Å². The van der Waals surface area contributed by atoms with E-state index in [0.29, 0.717) is 24.3 Å². The maximum absolute atomic E-state index is 12.9. The summed E-state index contributed by atoms with van der Waals surface area (Å²) in [5.41, 5.74) is -5.67. The Morgan fingerprint density at radius 2 is 2.00 bits per heavy atom. The van der Waals surface area contributed by atoms with Crippen LogP contribution >= 0.6 is 11.3 Å². The predicted molar refractivity (Wildman–Crippen MR) is 108 cm³/mol. The number of nitrogens with one attached hydrogen (secondary N) is 1. The molecule has 12 heteroatoms. The highest BCUT2D eigenvalue weighted by Gasteiger charge is 2.47. The summed E-state index contributed by atoms with van der Waals surface area (Å²) in [6.07, 6.45) is 1.05. The normalized spacial score (nSPS) is 17.3. The van der Waals surface area contributed by atoms with Gasteiger partial charge in [-0.1, -0.05) is 6.07 Å². The molecule has 1 N–H and O–H groups in total. The molecule has 1 fully saturated rings. The first-order valence-electron chi connectivity index (χ1n) is 9.17. The number of sulfone groups is 1. The quantitative estimate of drug-likeness (QED) is 0.713. The van der Waals surface area contributed by atoms with E-state index in [1.54, 1.807) is 22.4 Å². The molecule has 0 aliphatic carbocycles. The van der Waals surface area contributed by atoms with Crippen molar-refractivity contribution in [3.63, 3.8) is 0 Å². The molecule has 1 unspecified atom stereocenters. The van der Waals surface area contributed by atoms with Crippen molar-refractivity contribution in [3.05, 3.63) is 40.6 Å². The van der Waals surface area contributed by atoms with Crippen LogP contribution in [0, 0.1) is 5.92 Å². The minimum atomic E-state index is -5.59. The van der Waals surface area contributed by atoms with E-state index in [1.165, 1.54) is 18.4 Å². The molecule has 168 valence electrons. The summed E-state index contributed by atoms with van der Waals surface area (Å²) in [5.74, 6) is -1.33. The van der Waals surface area contributed by atoms with Gasteiger partial charge in [-0.2, -0.15) is 13.2 Å². The molecule has 1 aromatic carbocycles. The molecule has 1 atom stereocenters. The second-order valence-electron chi connectivity index (χ2n) is 6.87. The van der Waals surface area contributed by atoms with Gasteiger partial charge in [0.1, 0.15) is 5.75 Å². The van der Waals surface area contributed by atoms with E-state index in [-0.39, 0.29) is 23.9 Å². The van der Waals surface area contributed by atoms with E-state index in [4.69, 9.17) is 4.74 Å². The number of alkyl halides is 3. The Labute approximate surface area is 180 Å². The summed E-state index contributed by atoms with van der Waals surface area (Å²) in [5, 5.41) is 4.23. The minimum Gasteiger partial charge on any atom is -0.495 e. The van der Waals surface area contributed by atoms with Gasteiger partial charge in [0.15, 0.2) is 0 Å². The minimum absolute atomic E-state index is 0.0109. The summed E-state index contributed by atoms with van der Waals surface area (Å²) >= 11 is 1.29. The van der Waals surface area contributed by atoms with Crippen LogP contribution in [0.4, 0.5) is 18.9 Å². The Balaban J connectivity index is 1.79. The first-order valence-corrected chi connectivity index (χ1v) is 11.5. The largest absolute Gasteiger partial charge is 0.501 e. The van der Waals surface area contributed by atoms with Crippen molar-refractivity contribution in [2.45, 2.75) is 23.2 Å². The van der Waals surface area contributed by atoms with Crippen molar-refractivity contribution in [2.24, 2.45) is 5.92 Å². The van der Waals surface area contributed by atoms with Crippen LogP contribution < -0.4 is 10.1 Å². The Hall–Kier alpha value is -2.60. The lowest BCUT2D eigenvalue weighted by Gasteiger charge is -2.32. The van der Waals surface area contributed by atoms with Gasteiger partial charge < -0.3 is 15.0 Å². The third kappa shape index (κ3) is 4.85. The lowest BCUT2D eigenvalue weighted by atomic mass is 9.96. The molecule has 1 aliphatic rings. The molecule has 7 nitrogen and oxygen atoms in total. The zero-order chi connectivity index (χ0) is 22.8. The number of hydrogen-bond acceptors (Lipinski definition) is 6. The Morgan fingerprint density at radius 1 is 1.26 bits per heavy atom. The predicted octanol–water partition coefficient (Wildman–Crippen LogP) is 3.54. The summed E-state index contributed by atoms with van der Waals surface area (Å²) < 4.78 is 67.1. The highest BCUT2D eigenvalue weighted by atomic mass is 32.2. The Morgan fingerprint density at radius 3 is 2.61 bits per heavy atom. The van der Waals surface area contributed by atoms with Gasteiger partial charge in [0.05, 0.1) is 28.5 Å². The molecule has 2 heterocycles. The van der Waals surface area contributed by atoms with Gasteiger partial charge in [0, 0.05) is 13.1 Å². The van der Waals surface area contributed by atoms with E-state index < -0.39 is 32.1 Å². The topological polar surface area (TPSA) is 92.8 Å².